The summed E-state index contributed by atoms with van der Waals surface area (Å²) in [6.45, 7) is 7.47. The van der Waals surface area contributed by atoms with Gasteiger partial charge in [0.05, 0.1) is 6.61 Å². The highest BCUT2D eigenvalue weighted by Gasteiger charge is 2.01. The maximum atomic E-state index is 11.1. The fraction of sp³-hybridized carbons (Fsp3) is 0.812. The Morgan fingerprint density at radius 3 is 2.00 bits per heavy atom. The van der Waals surface area contributed by atoms with Crippen LogP contribution >= 0.6 is 0 Å². The van der Waals surface area contributed by atoms with Gasteiger partial charge in [0.25, 0.3) is 0 Å². The first-order valence-electron chi connectivity index (χ1n) is 7.69. The number of esters is 1. The summed E-state index contributed by atoms with van der Waals surface area (Å²) in [7, 11) is 0. The molecule has 0 saturated heterocycles. The second kappa shape index (κ2) is 14.5. The first kappa shape index (κ1) is 19.1. The minimum Gasteiger partial charge on any atom is -0.462 e. The summed E-state index contributed by atoms with van der Waals surface area (Å²) in [5.74, 6) is -0.313. The largest absolute Gasteiger partial charge is 0.462 e. The Kier molecular flexibility index (Phi) is 13.9. The summed E-state index contributed by atoms with van der Waals surface area (Å²) in [6.07, 6.45) is 8.52. The van der Waals surface area contributed by atoms with Crippen molar-refractivity contribution in [2.75, 3.05) is 26.4 Å². The van der Waals surface area contributed by atoms with E-state index in [9.17, 15) is 4.79 Å². The van der Waals surface area contributed by atoms with Crippen molar-refractivity contribution in [1.29, 1.82) is 0 Å². The number of carbonyl (C=O) groups is 1. The smallest absolute Gasteiger partial charge is 0.333 e. The van der Waals surface area contributed by atoms with Gasteiger partial charge in [0.2, 0.25) is 0 Å². The van der Waals surface area contributed by atoms with Crippen LogP contribution in [0.15, 0.2) is 12.2 Å². The molecule has 0 heterocycles. The Hall–Kier alpha value is -0.870. The third kappa shape index (κ3) is 13.6. The Balaban J connectivity index is 3.06. The number of unbranched alkanes of at least 4 members (excludes halogenated alkanes) is 6. The quantitative estimate of drug-likeness (QED) is 0.302. The SMILES string of the molecule is C=C(C)C(=O)OCCCCOCCCCCCCCO. The molecule has 0 radical (unpaired) electrons. The molecule has 4 nitrogen and oxygen atoms in total. The third-order valence-electron chi connectivity index (χ3n) is 2.96. The number of aliphatic hydroxyl groups excluding tert-OH is 1. The number of carbonyl (C=O) groups excluding carboxylic acids is 1. The highest BCUT2D eigenvalue weighted by Crippen LogP contribution is 2.05. The molecule has 0 amide bonds. The normalized spacial score (nSPS) is 10.5. The lowest BCUT2D eigenvalue weighted by Crippen LogP contribution is -2.07. The molecule has 0 saturated carbocycles. The number of aliphatic hydroxyl groups is 1. The van der Waals surface area contributed by atoms with Crippen molar-refractivity contribution < 1.29 is 19.4 Å². The first-order chi connectivity index (χ1) is 9.68. The summed E-state index contributed by atoms with van der Waals surface area (Å²) in [4.78, 5) is 11.1. The molecule has 0 atom stereocenters. The summed E-state index contributed by atoms with van der Waals surface area (Å²) in [6, 6.07) is 0. The predicted molar refractivity (Wildman–Crippen MR) is 80.6 cm³/mol. The van der Waals surface area contributed by atoms with E-state index in [2.05, 4.69) is 6.58 Å². The van der Waals surface area contributed by atoms with Gasteiger partial charge >= 0.3 is 5.97 Å². The number of hydrogen-bond donors (Lipinski definition) is 1. The average molecular weight is 286 g/mol. The van der Waals surface area contributed by atoms with Crippen LogP contribution < -0.4 is 0 Å². The minimum absolute atomic E-state index is 0.310. The van der Waals surface area contributed by atoms with Crippen molar-refractivity contribution in [1.82, 2.24) is 0 Å². The maximum absolute atomic E-state index is 11.1. The molecule has 4 heteroatoms. The lowest BCUT2D eigenvalue weighted by molar-refractivity contribution is -0.139. The molecule has 0 aliphatic carbocycles. The lowest BCUT2D eigenvalue weighted by Gasteiger charge is -2.05. The standard InChI is InChI=1S/C16H30O4/c1-15(2)16(18)20-14-10-9-13-19-12-8-6-4-3-5-7-11-17/h17H,1,3-14H2,2H3. The Morgan fingerprint density at radius 2 is 1.40 bits per heavy atom. The van der Waals surface area contributed by atoms with E-state index in [1.807, 2.05) is 0 Å². The molecule has 0 aromatic carbocycles. The van der Waals surface area contributed by atoms with E-state index >= 15 is 0 Å². The van der Waals surface area contributed by atoms with E-state index in [0.29, 0.717) is 18.8 Å². The zero-order valence-corrected chi connectivity index (χ0v) is 12.9. The average Bonchev–Trinajstić information content (AvgIpc) is 2.43. The molecule has 20 heavy (non-hydrogen) atoms. The molecule has 0 aromatic rings. The highest BCUT2D eigenvalue weighted by molar-refractivity contribution is 5.86. The van der Waals surface area contributed by atoms with Crippen LogP contribution in [0.2, 0.25) is 0 Å². The van der Waals surface area contributed by atoms with Gasteiger partial charge in [-0.1, -0.05) is 32.3 Å². The molecule has 0 unspecified atom stereocenters. The summed E-state index contributed by atoms with van der Waals surface area (Å²) in [5.41, 5.74) is 0.445. The topological polar surface area (TPSA) is 55.8 Å². The van der Waals surface area contributed by atoms with E-state index in [4.69, 9.17) is 14.6 Å². The van der Waals surface area contributed by atoms with Crippen molar-refractivity contribution in [3.63, 3.8) is 0 Å². The van der Waals surface area contributed by atoms with Crippen LogP contribution in [-0.4, -0.2) is 37.5 Å². The van der Waals surface area contributed by atoms with Crippen LogP contribution in [0.1, 0.15) is 58.3 Å². The molecule has 0 aliphatic heterocycles. The van der Waals surface area contributed by atoms with Crippen LogP contribution in [0, 0.1) is 0 Å². The molecule has 0 aliphatic rings. The van der Waals surface area contributed by atoms with Gasteiger partial charge in [0, 0.05) is 25.4 Å². The second-order valence-corrected chi connectivity index (χ2v) is 5.08. The number of rotatable bonds is 14. The van der Waals surface area contributed by atoms with Crippen molar-refractivity contribution in [3.05, 3.63) is 12.2 Å². The van der Waals surface area contributed by atoms with Crippen molar-refractivity contribution >= 4 is 5.97 Å². The van der Waals surface area contributed by atoms with Gasteiger partial charge in [0.1, 0.15) is 0 Å². The first-order valence-corrected chi connectivity index (χ1v) is 7.69. The molecule has 0 fully saturated rings. The van der Waals surface area contributed by atoms with Crippen LogP contribution in [0.5, 0.6) is 0 Å². The van der Waals surface area contributed by atoms with Gasteiger partial charge in [-0.15, -0.1) is 0 Å². The van der Waals surface area contributed by atoms with Gasteiger partial charge in [0.15, 0.2) is 0 Å². The van der Waals surface area contributed by atoms with Gasteiger partial charge < -0.3 is 14.6 Å². The van der Waals surface area contributed by atoms with Crippen LogP contribution in [0.4, 0.5) is 0 Å². The summed E-state index contributed by atoms with van der Waals surface area (Å²) < 4.78 is 10.5. The highest BCUT2D eigenvalue weighted by atomic mass is 16.5. The Morgan fingerprint density at radius 1 is 0.900 bits per heavy atom. The van der Waals surface area contributed by atoms with Crippen molar-refractivity contribution in [2.24, 2.45) is 0 Å². The zero-order valence-electron chi connectivity index (χ0n) is 12.9. The van der Waals surface area contributed by atoms with Crippen LogP contribution in [0.3, 0.4) is 0 Å². The van der Waals surface area contributed by atoms with Gasteiger partial charge in [-0.3, -0.25) is 0 Å². The van der Waals surface area contributed by atoms with E-state index in [-0.39, 0.29) is 5.97 Å². The fourth-order valence-electron chi connectivity index (χ4n) is 1.72. The maximum Gasteiger partial charge on any atom is 0.333 e. The van der Waals surface area contributed by atoms with Crippen LogP contribution in [0.25, 0.3) is 0 Å². The van der Waals surface area contributed by atoms with Crippen molar-refractivity contribution in [3.8, 4) is 0 Å². The number of ether oxygens (including phenoxy) is 2. The van der Waals surface area contributed by atoms with E-state index in [0.717, 1.165) is 45.3 Å². The summed E-state index contributed by atoms with van der Waals surface area (Å²) >= 11 is 0. The second-order valence-electron chi connectivity index (χ2n) is 5.08. The molecule has 0 rings (SSSR count). The predicted octanol–water partition coefficient (Wildman–Crippen LogP) is 3.24. The third-order valence-corrected chi connectivity index (χ3v) is 2.96. The summed E-state index contributed by atoms with van der Waals surface area (Å²) in [5, 5.41) is 8.63. The van der Waals surface area contributed by atoms with Gasteiger partial charge in [-0.25, -0.2) is 4.79 Å². The van der Waals surface area contributed by atoms with Crippen molar-refractivity contribution in [2.45, 2.75) is 58.3 Å². The molecule has 1 N–H and O–H groups in total. The molecule has 0 aromatic heterocycles. The van der Waals surface area contributed by atoms with E-state index in [1.54, 1.807) is 6.92 Å². The van der Waals surface area contributed by atoms with Gasteiger partial charge in [-0.05, 0) is 32.6 Å². The van der Waals surface area contributed by atoms with E-state index < -0.39 is 0 Å². The monoisotopic (exact) mass is 286 g/mol. The van der Waals surface area contributed by atoms with Crippen LogP contribution in [-0.2, 0) is 14.3 Å². The van der Waals surface area contributed by atoms with Gasteiger partial charge in [-0.2, -0.15) is 0 Å². The molecule has 0 spiro atoms. The minimum atomic E-state index is -0.313. The number of hydrogen-bond acceptors (Lipinski definition) is 4. The molecule has 118 valence electrons. The molecule has 0 bridgehead atoms. The van der Waals surface area contributed by atoms with E-state index in [1.165, 1.54) is 19.3 Å². The fourth-order valence-corrected chi connectivity index (χ4v) is 1.72. The molecular weight excluding hydrogens is 256 g/mol. The molecular formula is C16H30O4. The lowest BCUT2D eigenvalue weighted by atomic mass is 10.1. The zero-order chi connectivity index (χ0) is 15.1. The Bertz CT molecular complexity index is 251. The Labute approximate surface area is 123 Å².